The summed E-state index contributed by atoms with van der Waals surface area (Å²) >= 11 is 4.86. The summed E-state index contributed by atoms with van der Waals surface area (Å²) in [7, 11) is 0. The van der Waals surface area contributed by atoms with Crippen LogP contribution in [-0.2, 0) is 4.79 Å². The third-order valence-corrected chi connectivity index (χ3v) is 1.91. The number of carbonyl (C=O) groups excluding carboxylic acids is 1. The predicted octanol–water partition coefficient (Wildman–Crippen LogP) is 2.14. The molecule has 0 atom stereocenters. The zero-order chi connectivity index (χ0) is 11.7. The lowest BCUT2D eigenvalue weighted by Crippen LogP contribution is -2.10. The molecular weight excluding hydrogens is 212 g/mol. The van der Waals surface area contributed by atoms with Crippen LogP contribution in [0.3, 0.4) is 0 Å². The molecule has 0 saturated heterocycles. The Hall–Kier alpha value is -1.22. The van der Waals surface area contributed by atoms with E-state index in [1.54, 1.807) is 0 Å². The van der Waals surface area contributed by atoms with Gasteiger partial charge in [-0.15, -0.1) is 11.6 Å². The summed E-state index contributed by atoms with van der Waals surface area (Å²) in [5, 5.41) is 3.28. The van der Waals surface area contributed by atoms with Crippen molar-refractivity contribution in [2.24, 2.45) is 5.73 Å². The Kier molecular flexibility index (Phi) is 7.46. The Balaban J connectivity index is 0.000000336. The smallest absolute Gasteiger partial charge is 0.232 e. The van der Waals surface area contributed by atoms with Gasteiger partial charge in [-0.2, -0.15) is 0 Å². The van der Waals surface area contributed by atoms with Crippen LogP contribution in [0.1, 0.15) is 12.5 Å². The number of nitrogens with two attached hydrogens (primary N) is 1. The fourth-order valence-electron chi connectivity index (χ4n) is 0.962. The van der Waals surface area contributed by atoms with Crippen molar-refractivity contribution in [1.29, 1.82) is 0 Å². The monoisotopic (exact) mass is 228 g/mol. The van der Waals surface area contributed by atoms with Crippen LogP contribution in [0.25, 0.3) is 0 Å². The SMILES string of the molecule is CCNc1ccccc1C.NC(=O)CCl. The second kappa shape index (κ2) is 8.12. The fraction of sp³-hybridized carbons (Fsp3) is 0.364. The van der Waals surface area contributed by atoms with Crippen molar-refractivity contribution in [1.82, 2.24) is 0 Å². The van der Waals surface area contributed by atoms with E-state index in [0.717, 1.165) is 6.54 Å². The third-order valence-electron chi connectivity index (χ3n) is 1.64. The van der Waals surface area contributed by atoms with E-state index in [2.05, 4.69) is 43.1 Å². The number of hydrogen-bond donors (Lipinski definition) is 2. The summed E-state index contributed by atoms with van der Waals surface area (Å²) < 4.78 is 0. The Morgan fingerprint density at radius 1 is 1.47 bits per heavy atom. The number of amides is 1. The fourth-order valence-corrected chi connectivity index (χ4v) is 0.962. The quantitative estimate of drug-likeness (QED) is 0.779. The van der Waals surface area contributed by atoms with Crippen molar-refractivity contribution < 1.29 is 4.79 Å². The van der Waals surface area contributed by atoms with Gasteiger partial charge in [0.05, 0.1) is 0 Å². The topological polar surface area (TPSA) is 55.1 Å². The molecule has 0 saturated carbocycles. The van der Waals surface area contributed by atoms with Crippen LogP contribution in [0.4, 0.5) is 5.69 Å². The van der Waals surface area contributed by atoms with E-state index in [-0.39, 0.29) is 5.88 Å². The maximum atomic E-state index is 9.46. The summed E-state index contributed by atoms with van der Waals surface area (Å²) in [6.07, 6.45) is 0. The number of hydrogen-bond acceptors (Lipinski definition) is 2. The maximum absolute atomic E-state index is 9.46. The lowest BCUT2D eigenvalue weighted by atomic mass is 10.2. The van der Waals surface area contributed by atoms with E-state index in [4.69, 9.17) is 11.6 Å². The highest BCUT2D eigenvalue weighted by molar-refractivity contribution is 6.27. The van der Waals surface area contributed by atoms with Gasteiger partial charge in [-0.1, -0.05) is 18.2 Å². The first-order valence-electron chi connectivity index (χ1n) is 4.75. The van der Waals surface area contributed by atoms with E-state index >= 15 is 0 Å². The second-order valence-corrected chi connectivity index (χ2v) is 3.21. The molecule has 3 nitrogen and oxygen atoms in total. The predicted molar refractivity (Wildman–Crippen MR) is 65.3 cm³/mol. The summed E-state index contributed by atoms with van der Waals surface area (Å²) in [6, 6.07) is 8.30. The van der Waals surface area contributed by atoms with E-state index < -0.39 is 5.91 Å². The Labute approximate surface area is 95.6 Å². The van der Waals surface area contributed by atoms with Crippen molar-refractivity contribution in [3.63, 3.8) is 0 Å². The molecule has 0 aliphatic carbocycles. The number of anilines is 1. The van der Waals surface area contributed by atoms with Crippen LogP contribution in [0.2, 0.25) is 0 Å². The zero-order valence-electron chi connectivity index (χ0n) is 9.09. The van der Waals surface area contributed by atoms with Crippen LogP contribution >= 0.6 is 11.6 Å². The van der Waals surface area contributed by atoms with Gasteiger partial charge >= 0.3 is 0 Å². The molecule has 0 aliphatic heterocycles. The van der Waals surface area contributed by atoms with Gasteiger partial charge in [-0.25, -0.2) is 0 Å². The van der Waals surface area contributed by atoms with Crippen molar-refractivity contribution in [3.05, 3.63) is 29.8 Å². The molecule has 4 heteroatoms. The van der Waals surface area contributed by atoms with Crippen LogP contribution in [0.15, 0.2) is 24.3 Å². The lowest BCUT2D eigenvalue weighted by molar-refractivity contribution is -0.115. The molecule has 0 radical (unpaired) electrons. The Bertz CT molecular complexity index is 302. The van der Waals surface area contributed by atoms with Gasteiger partial charge in [0.25, 0.3) is 0 Å². The molecule has 84 valence electrons. The van der Waals surface area contributed by atoms with Crippen molar-refractivity contribution in [2.75, 3.05) is 17.7 Å². The molecule has 1 aromatic rings. The molecule has 0 fully saturated rings. The first-order chi connectivity index (χ1) is 7.11. The van der Waals surface area contributed by atoms with Crippen LogP contribution in [0.5, 0.6) is 0 Å². The number of benzene rings is 1. The lowest BCUT2D eigenvalue weighted by Gasteiger charge is -2.04. The Morgan fingerprint density at radius 3 is 2.40 bits per heavy atom. The average molecular weight is 229 g/mol. The van der Waals surface area contributed by atoms with Gasteiger partial charge in [-0.3, -0.25) is 4.79 Å². The normalized spacial score (nSPS) is 8.73. The zero-order valence-corrected chi connectivity index (χ0v) is 9.84. The van der Waals surface area contributed by atoms with E-state index in [9.17, 15) is 4.79 Å². The maximum Gasteiger partial charge on any atom is 0.232 e. The van der Waals surface area contributed by atoms with Gasteiger partial charge < -0.3 is 11.1 Å². The first kappa shape index (κ1) is 13.8. The third kappa shape index (κ3) is 6.80. The molecule has 0 spiro atoms. The molecule has 0 unspecified atom stereocenters. The highest BCUT2D eigenvalue weighted by Gasteiger charge is 1.90. The number of nitrogens with one attached hydrogen (secondary N) is 1. The Morgan fingerprint density at radius 2 is 2.00 bits per heavy atom. The molecule has 0 aliphatic rings. The summed E-state index contributed by atoms with van der Waals surface area (Å²) in [5.74, 6) is -0.563. The minimum Gasteiger partial charge on any atom is -0.385 e. The summed E-state index contributed by atoms with van der Waals surface area (Å²) in [6.45, 7) is 5.20. The second-order valence-electron chi connectivity index (χ2n) is 2.95. The molecule has 1 aromatic carbocycles. The standard InChI is InChI=1S/C9H13N.C2H4ClNO/c1-3-10-9-7-5-4-6-8(9)2;3-1-2(4)5/h4-7,10H,3H2,1-2H3;1H2,(H2,4,5). The number of carbonyl (C=O) groups is 1. The molecule has 0 bridgehead atoms. The number of primary amides is 1. The van der Waals surface area contributed by atoms with Crippen molar-refractivity contribution >= 4 is 23.2 Å². The van der Waals surface area contributed by atoms with Gasteiger partial charge in [0.15, 0.2) is 0 Å². The van der Waals surface area contributed by atoms with E-state index in [1.165, 1.54) is 11.3 Å². The minimum atomic E-state index is -0.480. The molecule has 15 heavy (non-hydrogen) atoms. The first-order valence-corrected chi connectivity index (χ1v) is 5.29. The number of para-hydroxylation sites is 1. The average Bonchev–Trinajstić information content (AvgIpc) is 2.23. The van der Waals surface area contributed by atoms with Gasteiger partial charge in [0.1, 0.15) is 5.88 Å². The van der Waals surface area contributed by atoms with Gasteiger partial charge in [0.2, 0.25) is 5.91 Å². The number of alkyl halides is 1. The van der Waals surface area contributed by atoms with Crippen LogP contribution < -0.4 is 11.1 Å². The van der Waals surface area contributed by atoms with Crippen molar-refractivity contribution in [2.45, 2.75) is 13.8 Å². The molecule has 3 N–H and O–H groups in total. The van der Waals surface area contributed by atoms with Crippen molar-refractivity contribution in [3.8, 4) is 0 Å². The van der Waals surface area contributed by atoms with Gasteiger partial charge in [0, 0.05) is 12.2 Å². The number of rotatable bonds is 3. The molecular formula is C11H17ClN2O. The molecule has 0 heterocycles. The molecule has 1 rings (SSSR count). The van der Waals surface area contributed by atoms with Gasteiger partial charge in [-0.05, 0) is 25.5 Å². The largest absolute Gasteiger partial charge is 0.385 e. The van der Waals surface area contributed by atoms with E-state index in [1.807, 2.05) is 6.07 Å². The summed E-state index contributed by atoms with van der Waals surface area (Å²) in [5.41, 5.74) is 7.07. The molecule has 0 aromatic heterocycles. The summed E-state index contributed by atoms with van der Waals surface area (Å²) in [4.78, 5) is 9.46. The molecule has 1 amide bonds. The van der Waals surface area contributed by atoms with E-state index in [0.29, 0.717) is 0 Å². The highest BCUT2D eigenvalue weighted by Crippen LogP contribution is 2.11. The van der Waals surface area contributed by atoms with Crippen LogP contribution in [-0.4, -0.2) is 18.3 Å². The highest BCUT2D eigenvalue weighted by atomic mass is 35.5. The number of aryl methyl sites for hydroxylation is 1. The number of halogens is 1. The van der Waals surface area contributed by atoms with Crippen LogP contribution in [0, 0.1) is 6.92 Å². The minimum absolute atomic E-state index is 0.0833.